The van der Waals surface area contributed by atoms with Gasteiger partial charge in [-0.2, -0.15) is 0 Å². The molecule has 2 heterocycles. The molecule has 0 bridgehead atoms. The highest BCUT2D eigenvalue weighted by molar-refractivity contribution is 5.88. The van der Waals surface area contributed by atoms with E-state index in [-0.39, 0.29) is 11.9 Å². The number of nitrogens with zero attached hydrogens (tertiary/aromatic N) is 1. The van der Waals surface area contributed by atoms with Gasteiger partial charge in [0.05, 0.1) is 7.11 Å². The number of urea groups is 1. The minimum Gasteiger partial charge on any atom is -0.467 e. The lowest BCUT2D eigenvalue weighted by atomic mass is 9.90. The number of amides is 2. The van der Waals surface area contributed by atoms with Crippen LogP contribution in [0, 0.1) is 5.92 Å². The highest BCUT2D eigenvalue weighted by Crippen LogP contribution is 2.28. The molecular formula is C26H31N3O3. The second kappa shape index (κ2) is 9.90. The third kappa shape index (κ3) is 4.79. The molecule has 2 amide bonds. The lowest BCUT2D eigenvalue weighted by Gasteiger charge is -2.34. The number of nitrogens with one attached hydrogen (secondary N) is 2. The molecule has 1 aliphatic heterocycles. The van der Waals surface area contributed by atoms with Crippen LogP contribution in [0.2, 0.25) is 0 Å². The van der Waals surface area contributed by atoms with E-state index in [2.05, 4.69) is 34.6 Å². The van der Waals surface area contributed by atoms with Crippen molar-refractivity contribution in [2.24, 2.45) is 5.92 Å². The number of ether oxygens (including phenoxy) is 1. The van der Waals surface area contributed by atoms with E-state index >= 15 is 0 Å². The van der Waals surface area contributed by atoms with Gasteiger partial charge in [-0.1, -0.05) is 55.5 Å². The van der Waals surface area contributed by atoms with Gasteiger partial charge in [-0.3, -0.25) is 0 Å². The molecule has 1 aliphatic rings. The summed E-state index contributed by atoms with van der Waals surface area (Å²) in [6.45, 7) is 3.33. The molecule has 1 saturated heterocycles. The number of piperidine rings is 1. The number of carbonyl (C=O) groups is 2. The molecule has 4 rings (SSSR count). The minimum atomic E-state index is -0.756. The Labute approximate surface area is 188 Å². The fourth-order valence-electron chi connectivity index (χ4n) is 4.68. The number of para-hydroxylation sites is 1. The zero-order chi connectivity index (χ0) is 22.5. The van der Waals surface area contributed by atoms with E-state index in [1.54, 1.807) is 0 Å². The van der Waals surface area contributed by atoms with Gasteiger partial charge in [-0.15, -0.1) is 0 Å². The molecule has 0 radical (unpaired) electrons. The Balaban J connectivity index is 1.40. The van der Waals surface area contributed by atoms with Gasteiger partial charge < -0.3 is 19.9 Å². The summed E-state index contributed by atoms with van der Waals surface area (Å²) in [6.07, 6.45) is 4.87. The van der Waals surface area contributed by atoms with Crippen molar-refractivity contribution in [3.8, 4) is 0 Å². The minimum absolute atomic E-state index is 0.203. The number of benzene rings is 2. The average Bonchev–Trinajstić information content (AvgIpc) is 3.27. The molecule has 168 valence electrons. The second-order valence-electron chi connectivity index (χ2n) is 8.65. The number of esters is 1. The molecule has 0 unspecified atom stereocenters. The fraction of sp³-hybridized carbons (Fsp3) is 0.385. The number of aromatic amines is 1. The van der Waals surface area contributed by atoms with Crippen LogP contribution in [0.1, 0.15) is 36.8 Å². The summed E-state index contributed by atoms with van der Waals surface area (Å²) < 4.78 is 5.03. The molecule has 0 spiro atoms. The summed E-state index contributed by atoms with van der Waals surface area (Å²) in [5.41, 5.74) is 3.33. The van der Waals surface area contributed by atoms with Crippen molar-refractivity contribution >= 4 is 22.9 Å². The van der Waals surface area contributed by atoms with E-state index in [4.69, 9.17) is 4.74 Å². The van der Waals surface area contributed by atoms with Gasteiger partial charge in [0.1, 0.15) is 6.04 Å². The van der Waals surface area contributed by atoms with Crippen molar-refractivity contribution in [3.05, 3.63) is 71.9 Å². The second-order valence-corrected chi connectivity index (χ2v) is 8.65. The Morgan fingerprint density at radius 1 is 1.09 bits per heavy atom. The lowest BCUT2D eigenvalue weighted by molar-refractivity contribution is -0.143. The highest BCUT2D eigenvalue weighted by atomic mass is 16.5. The van der Waals surface area contributed by atoms with Crippen LogP contribution in [0.15, 0.2) is 60.8 Å². The number of hydrogen-bond donors (Lipinski definition) is 2. The first-order valence-corrected chi connectivity index (χ1v) is 11.3. The number of fused-ring (bicyclic) bond motifs is 1. The van der Waals surface area contributed by atoms with E-state index in [0.29, 0.717) is 19.0 Å². The third-order valence-corrected chi connectivity index (χ3v) is 6.61. The average molecular weight is 434 g/mol. The smallest absolute Gasteiger partial charge is 0.329 e. The van der Waals surface area contributed by atoms with Crippen LogP contribution in [-0.4, -0.2) is 48.1 Å². The number of rotatable bonds is 6. The number of H-pyrrole nitrogens is 1. The van der Waals surface area contributed by atoms with Crippen LogP contribution < -0.4 is 5.32 Å². The Morgan fingerprint density at radius 3 is 2.50 bits per heavy atom. The maximum absolute atomic E-state index is 13.0. The molecule has 2 atom stereocenters. The van der Waals surface area contributed by atoms with Crippen LogP contribution in [0.5, 0.6) is 0 Å². The van der Waals surface area contributed by atoms with Crippen LogP contribution in [0.4, 0.5) is 4.79 Å². The summed E-state index contributed by atoms with van der Waals surface area (Å²) in [4.78, 5) is 30.7. The van der Waals surface area contributed by atoms with E-state index in [9.17, 15) is 9.59 Å². The molecule has 3 aromatic rings. The van der Waals surface area contributed by atoms with Gasteiger partial charge in [0.2, 0.25) is 0 Å². The normalized spacial score (nSPS) is 16.5. The predicted molar refractivity (Wildman–Crippen MR) is 125 cm³/mol. The number of methoxy groups -OCH3 is 1. The van der Waals surface area contributed by atoms with Crippen molar-refractivity contribution < 1.29 is 14.3 Å². The third-order valence-electron chi connectivity index (χ3n) is 6.61. The zero-order valence-corrected chi connectivity index (χ0v) is 18.7. The van der Waals surface area contributed by atoms with E-state index in [1.807, 2.05) is 48.4 Å². The maximum Gasteiger partial charge on any atom is 0.329 e. The molecule has 6 nitrogen and oxygen atoms in total. The quantitative estimate of drug-likeness (QED) is 0.563. The molecule has 0 saturated carbocycles. The predicted octanol–water partition coefficient (Wildman–Crippen LogP) is 4.48. The first-order valence-electron chi connectivity index (χ1n) is 11.3. The molecule has 0 aliphatic carbocycles. The van der Waals surface area contributed by atoms with Gasteiger partial charge in [-0.05, 0) is 42.4 Å². The largest absolute Gasteiger partial charge is 0.467 e. The van der Waals surface area contributed by atoms with Gasteiger partial charge in [0.15, 0.2) is 0 Å². The van der Waals surface area contributed by atoms with Crippen LogP contribution in [0.3, 0.4) is 0 Å². The Bertz CT molecular complexity index is 1050. The molecule has 1 aromatic heterocycles. The summed E-state index contributed by atoms with van der Waals surface area (Å²) in [5.74, 6) is -0.101. The highest BCUT2D eigenvalue weighted by Gasteiger charge is 2.32. The summed E-state index contributed by atoms with van der Waals surface area (Å²) in [5, 5.41) is 4.00. The van der Waals surface area contributed by atoms with Gasteiger partial charge in [0, 0.05) is 36.1 Å². The first-order chi connectivity index (χ1) is 15.6. The van der Waals surface area contributed by atoms with Crippen molar-refractivity contribution in [1.29, 1.82) is 0 Å². The maximum atomic E-state index is 13.0. The topological polar surface area (TPSA) is 74.4 Å². The Hall–Kier alpha value is -3.28. The molecule has 6 heteroatoms. The van der Waals surface area contributed by atoms with Crippen LogP contribution in [0.25, 0.3) is 10.9 Å². The number of likely N-dealkylation sites (tertiary alicyclic amines) is 1. The zero-order valence-electron chi connectivity index (χ0n) is 18.7. The van der Waals surface area contributed by atoms with E-state index in [1.165, 1.54) is 12.7 Å². The van der Waals surface area contributed by atoms with Gasteiger partial charge in [0.25, 0.3) is 0 Å². The Kier molecular flexibility index (Phi) is 6.78. The molecule has 32 heavy (non-hydrogen) atoms. The summed E-state index contributed by atoms with van der Waals surface area (Å²) in [7, 11) is 1.36. The SMILES string of the molecule is COC(=O)[C@H](NC(=O)N1CCC(Cc2ccccc2)CC1)[C@@H](C)c1c[nH]c2ccccc12. The molecule has 2 aromatic carbocycles. The number of hydrogen-bond acceptors (Lipinski definition) is 3. The summed E-state index contributed by atoms with van der Waals surface area (Å²) in [6, 6.07) is 17.5. The number of aromatic nitrogens is 1. The van der Waals surface area contributed by atoms with Crippen molar-refractivity contribution in [2.75, 3.05) is 20.2 Å². The van der Waals surface area contributed by atoms with Gasteiger partial charge in [-0.25, -0.2) is 9.59 Å². The molecular weight excluding hydrogens is 402 g/mol. The molecule has 1 fully saturated rings. The standard InChI is InChI=1S/C26H31N3O3/c1-18(22-17-27-23-11-7-6-10-21(22)23)24(25(30)32-2)28-26(31)29-14-12-20(13-15-29)16-19-8-4-3-5-9-19/h3-11,17-18,20,24,27H,12-16H2,1-2H3,(H,28,31)/t18-,24+/m0/s1. The lowest BCUT2D eigenvalue weighted by Crippen LogP contribution is -2.52. The first kappa shape index (κ1) is 21.9. The Morgan fingerprint density at radius 2 is 1.78 bits per heavy atom. The fourth-order valence-corrected chi connectivity index (χ4v) is 4.68. The van der Waals surface area contributed by atoms with E-state index in [0.717, 1.165) is 35.7 Å². The van der Waals surface area contributed by atoms with Crippen molar-refractivity contribution in [3.63, 3.8) is 0 Å². The van der Waals surface area contributed by atoms with Crippen LogP contribution >= 0.6 is 0 Å². The van der Waals surface area contributed by atoms with Crippen molar-refractivity contribution in [1.82, 2.24) is 15.2 Å². The van der Waals surface area contributed by atoms with E-state index < -0.39 is 12.0 Å². The summed E-state index contributed by atoms with van der Waals surface area (Å²) >= 11 is 0. The monoisotopic (exact) mass is 433 g/mol. The van der Waals surface area contributed by atoms with Crippen LogP contribution in [-0.2, 0) is 16.0 Å². The van der Waals surface area contributed by atoms with Gasteiger partial charge >= 0.3 is 12.0 Å². The number of carbonyl (C=O) groups excluding carboxylic acids is 2. The molecule has 2 N–H and O–H groups in total. The van der Waals surface area contributed by atoms with Crippen molar-refractivity contribution in [2.45, 2.75) is 38.1 Å².